The number of halogens is 1. The monoisotopic (exact) mass is 275 g/mol. The summed E-state index contributed by atoms with van der Waals surface area (Å²) in [6.07, 6.45) is 0.874. The van der Waals surface area contributed by atoms with E-state index in [2.05, 4.69) is 0 Å². The topological polar surface area (TPSA) is 52.4 Å². The maximum atomic E-state index is 10.8. The summed E-state index contributed by atoms with van der Waals surface area (Å²) in [5, 5.41) is 10.8. The van der Waals surface area contributed by atoms with Crippen LogP contribution in [0.2, 0.25) is 0 Å². The molecule has 0 aromatic heterocycles. The van der Waals surface area contributed by atoms with Crippen LogP contribution < -0.4 is 4.74 Å². The van der Waals surface area contributed by atoms with Gasteiger partial charge in [0.25, 0.3) is 5.69 Å². The van der Waals surface area contributed by atoms with Gasteiger partial charge in [-0.05, 0) is 25.2 Å². The van der Waals surface area contributed by atoms with Crippen molar-refractivity contribution in [3.05, 3.63) is 28.3 Å². The maximum absolute atomic E-state index is 10.8. The lowest BCUT2D eigenvalue weighted by Gasteiger charge is -2.06. The summed E-state index contributed by atoms with van der Waals surface area (Å²) >= 11 is 7.13. The average molecular weight is 276 g/mol. The summed E-state index contributed by atoms with van der Waals surface area (Å²) in [6, 6.07) is 4.81. The van der Waals surface area contributed by atoms with Gasteiger partial charge in [0, 0.05) is 16.8 Å². The van der Waals surface area contributed by atoms with Crippen molar-refractivity contribution in [3.63, 3.8) is 0 Å². The molecule has 0 saturated carbocycles. The number of alkyl halides is 1. The molecule has 0 bridgehead atoms. The first kappa shape index (κ1) is 14.1. The molecule has 0 saturated heterocycles. The Balaban J connectivity index is 2.83. The lowest BCUT2D eigenvalue weighted by Crippen LogP contribution is -1.95. The Kier molecular flexibility index (Phi) is 6.15. The van der Waals surface area contributed by atoms with E-state index < -0.39 is 4.92 Å². The molecule has 0 amide bonds. The number of hydrogen-bond donors (Lipinski definition) is 0. The first-order valence-corrected chi connectivity index (χ1v) is 6.80. The van der Waals surface area contributed by atoms with Gasteiger partial charge in [-0.15, -0.1) is 23.4 Å². The van der Waals surface area contributed by atoms with Crippen LogP contribution in [0.15, 0.2) is 23.1 Å². The number of rotatable bonds is 7. The molecule has 0 heterocycles. The minimum atomic E-state index is -0.409. The van der Waals surface area contributed by atoms with Crippen molar-refractivity contribution < 1.29 is 9.66 Å². The van der Waals surface area contributed by atoms with Gasteiger partial charge in [0.05, 0.1) is 17.6 Å². The van der Waals surface area contributed by atoms with E-state index in [1.165, 1.54) is 6.07 Å². The molecule has 4 nitrogen and oxygen atoms in total. The van der Waals surface area contributed by atoms with E-state index in [1.807, 2.05) is 13.0 Å². The van der Waals surface area contributed by atoms with Crippen molar-refractivity contribution in [3.8, 4) is 5.75 Å². The molecule has 0 aliphatic rings. The Morgan fingerprint density at radius 3 is 2.82 bits per heavy atom. The summed E-state index contributed by atoms with van der Waals surface area (Å²) in [5.41, 5.74) is 0.0596. The number of thioether (sulfide) groups is 1. The summed E-state index contributed by atoms with van der Waals surface area (Å²) in [4.78, 5) is 11.2. The maximum Gasteiger partial charge on any atom is 0.274 e. The van der Waals surface area contributed by atoms with Crippen molar-refractivity contribution >= 4 is 29.1 Å². The van der Waals surface area contributed by atoms with Crippen LogP contribution in [-0.2, 0) is 0 Å². The van der Waals surface area contributed by atoms with Crippen LogP contribution in [-0.4, -0.2) is 23.2 Å². The fraction of sp³-hybridized carbons (Fsp3) is 0.455. The molecule has 1 aromatic rings. The highest BCUT2D eigenvalue weighted by molar-refractivity contribution is 7.99. The van der Waals surface area contributed by atoms with Gasteiger partial charge in [0.15, 0.2) is 0 Å². The minimum absolute atomic E-state index is 0.0596. The first-order chi connectivity index (χ1) is 8.17. The zero-order valence-corrected chi connectivity index (χ0v) is 11.1. The molecule has 1 aromatic carbocycles. The van der Waals surface area contributed by atoms with Crippen molar-refractivity contribution in [1.82, 2.24) is 0 Å². The third-order valence-electron chi connectivity index (χ3n) is 1.93. The summed E-state index contributed by atoms with van der Waals surface area (Å²) < 4.78 is 5.30. The normalized spacial score (nSPS) is 10.2. The number of non-ortho nitro benzene ring substituents is 1. The molecule has 0 fully saturated rings. The summed E-state index contributed by atoms with van der Waals surface area (Å²) in [6.45, 7) is 2.34. The quantitative estimate of drug-likeness (QED) is 0.250. The van der Waals surface area contributed by atoms with Crippen molar-refractivity contribution in [2.75, 3.05) is 18.2 Å². The Bertz CT molecular complexity index is 387. The number of benzene rings is 1. The van der Waals surface area contributed by atoms with Gasteiger partial charge < -0.3 is 4.74 Å². The number of nitrogens with zero attached hydrogens (tertiary/aromatic N) is 1. The van der Waals surface area contributed by atoms with Crippen molar-refractivity contribution in [1.29, 1.82) is 0 Å². The molecule has 0 aliphatic heterocycles. The molecule has 6 heteroatoms. The van der Waals surface area contributed by atoms with Crippen LogP contribution in [0.3, 0.4) is 0 Å². The van der Waals surface area contributed by atoms with E-state index in [0.29, 0.717) is 18.2 Å². The molecule has 0 atom stereocenters. The standard InChI is InChI=1S/C11H14ClNO3S/c1-2-16-10-6-9(13(14)15)7-11(8-10)17-5-3-4-12/h6-8H,2-5H2,1H3. The minimum Gasteiger partial charge on any atom is -0.494 e. The predicted octanol–water partition coefficient (Wildman–Crippen LogP) is 3.71. The molecule has 0 spiro atoms. The number of nitro benzene ring substituents is 1. The van der Waals surface area contributed by atoms with E-state index in [0.717, 1.165) is 17.1 Å². The molecule has 1 rings (SSSR count). The van der Waals surface area contributed by atoms with Crippen LogP contribution in [0.4, 0.5) is 5.69 Å². The molecular formula is C11H14ClNO3S. The number of hydrogen-bond acceptors (Lipinski definition) is 4. The molecule has 0 aliphatic carbocycles. The Hall–Kier alpha value is -0.940. The molecule has 94 valence electrons. The Morgan fingerprint density at radius 2 is 2.24 bits per heavy atom. The zero-order chi connectivity index (χ0) is 12.7. The van der Waals surface area contributed by atoms with Gasteiger partial charge in [-0.1, -0.05) is 0 Å². The van der Waals surface area contributed by atoms with Gasteiger partial charge in [0.2, 0.25) is 0 Å². The van der Waals surface area contributed by atoms with Crippen molar-refractivity contribution in [2.24, 2.45) is 0 Å². The van der Waals surface area contributed by atoms with E-state index in [4.69, 9.17) is 16.3 Å². The molecule has 17 heavy (non-hydrogen) atoms. The smallest absolute Gasteiger partial charge is 0.274 e. The van der Waals surface area contributed by atoms with Gasteiger partial charge in [0.1, 0.15) is 5.75 Å². The second kappa shape index (κ2) is 7.40. The van der Waals surface area contributed by atoms with Gasteiger partial charge >= 0.3 is 0 Å². The molecule has 0 N–H and O–H groups in total. The average Bonchev–Trinajstić information content (AvgIpc) is 2.29. The number of ether oxygens (including phenoxy) is 1. The van der Waals surface area contributed by atoms with Gasteiger partial charge in [-0.2, -0.15) is 0 Å². The lowest BCUT2D eigenvalue weighted by atomic mass is 10.3. The van der Waals surface area contributed by atoms with Gasteiger partial charge in [-0.3, -0.25) is 10.1 Å². The summed E-state index contributed by atoms with van der Waals surface area (Å²) in [7, 11) is 0. The van der Waals surface area contributed by atoms with Crippen LogP contribution in [0.25, 0.3) is 0 Å². The second-order valence-electron chi connectivity index (χ2n) is 3.24. The molecular weight excluding hydrogens is 262 g/mol. The first-order valence-electron chi connectivity index (χ1n) is 5.28. The molecule has 0 radical (unpaired) electrons. The van der Waals surface area contributed by atoms with E-state index in [-0.39, 0.29) is 5.69 Å². The fourth-order valence-electron chi connectivity index (χ4n) is 1.24. The zero-order valence-electron chi connectivity index (χ0n) is 9.52. The third-order valence-corrected chi connectivity index (χ3v) is 3.26. The fourth-order valence-corrected chi connectivity index (χ4v) is 2.46. The highest BCUT2D eigenvalue weighted by Gasteiger charge is 2.10. The highest BCUT2D eigenvalue weighted by Crippen LogP contribution is 2.29. The van der Waals surface area contributed by atoms with E-state index in [1.54, 1.807) is 17.8 Å². The van der Waals surface area contributed by atoms with Crippen LogP contribution in [0.5, 0.6) is 5.75 Å². The largest absolute Gasteiger partial charge is 0.494 e. The Labute approximate surface area is 109 Å². The second-order valence-corrected chi connectivity index (χ2v) is 4.79. The third kappa shape index (κ3) is 4.83. The van der Waals surface area contributed by atoms with Crippen LogP contribution >= 0.6 is 23.4 Å². The summed E-state index contributed by atoms with van der Waals surface area (Å²) in [5.74, 6) is 1.98. The van der Waals surface area contributed by atoms with E-state index >= 15 is 0 Å². The van der Waals surface area contributed by atoms with Crippen LogP contribution in [0, 0.1) is 10.1 Å². The van der Waals surface area contributed by atoms with E-state index in [9.17, 15) is 10.1 Å². The van der Waals surface area contributed by atoms with Crippen LogP contribution in [0.1, 0.15) is 13.3 Å². The van der Waals surface area contributed by atoms with Crippen molar-refractivity contribution in [2.45, 2.75) is 18.2 Å². The predicted molar refractivity (Wildman–Crippen MR) is 70.3 cm³/mol. The SMILES string of the molecule is CCOc1cc(SCCCCl)cc([N+](=O)[O-])c1. The highest BCUT2D eigenvalue weighted by atomic mass is 35.5. The number of nitro groups is 1. The Morgan fingerprint density at radius 1 is 1.47 bits per heavy atom. The van der Waals surface area contributed by atoms with Gasteiger partial charge in [-0.25, -0.2) is 0 Å². The lowest BCUT2D eigenvalue weighted by molar-refractivity contribution is -0.385. The molecule has 0 unspecified atom stereocenters.